The zero-order valence-electron chi connectivity index (χ0n) is 19.2. The Bertz CT molecular complexity index is 1040. The molecule has 1 fully saturated rings. The van der Waals surface area contributed by atoms with Gasteiger partial charge in [0, 0.05) is 45.0 Å². The maximum absolute atomic E-state index is 13.4. The predicted molar refractivity (Wildman–Crippen MR) is 138 cm³/mol. The van der Waals surface area contributed by atoms with Gasteiger partial charge in [-0.25, -0.2) is 12.8 Å². The third-order valence-corrected chi connectivity index (χ3v) is 11.3. The molecule has 2 heterocycles. The molecule has 2 aliphatic rings. The van der Waals surface area contributed by atoms with Crippen molar-refractivity contribution in [3.8, 4) is 0 Å². The molecule has 0 spiro atoms. The molecule has 0 saturated carbocycles. The molecule has 2 aromatic carbocycles. The molecule has 4 rings (SSSR count). The van der Waals surface area contributed by atoms with E-state index >= 15 is 0 Å². The lowest BCUT2D eigenvalue weighted by Crippen LogP contribution is -2.49. The summed E-state index contributed by atoms with van der Waals surface area (Å²) in [6, 6.07) is 14.2. The standard InChI is InChI=1S/C24H32FN3O2S3/c1-3-32-24(31-2)19-28(33(29,30)23-8-5-4-7-22(23)24)14-6-13-26-15-17-27(18-16-26)21-11-9-20(25)10-12-21/h4-5,7-12H,3,6,13-19H2,1-2H3. The number of thioether (sulfide) groups is 2. The summed E-state index contributed by atoms with van der Waals surface area (Å²) in [4.78, 5) is 5.13. The van der Waals surface area contributed by atoms with Crippen molar-refractivity contribution in [2.45, 2.75) is 22.3 Å². The van der Waals surface area contributed by atoms with E-state index in [0.29, 0.717) is 18.0 Å². The van der Waals surface area contributed by atoms with Crippen molar-refractivity contribution in [1.29, 1.82) is 0 Å². The van der Waals surface area contributed by atoms with Crippen molar-refractivity contribution >= 4 is 39.2 Å². The minimum Gasteiger partial charge on any atom is -0.369 e. The number of benzene rings is 2. The first-order valence-corrected chi connectivity index (χ1v) is 15.1. The average molecular weight is 510 g/mol. The molecule has 0 bridgehead atoms. The first-order valence-electron chi connectivity index (χ1n) is 11.4. The largest absolute Gasteiger partial charge is 0.369 e. The van der Waals surface area contributed by atoms with Crippen molar-refractivity contribution < 1.29 is 12.8 Å². The third-order valence-electron chi connectivity index (χ3n) is 6.45. The predicted octanol–water partition coefficient (Wildman–Crippen LogP) is 4.31. The first-order chi connectivity index (χ1) is 15.9. The van der Waals surface area contributed by atoms with Gasteiger partial charge in [0.15, 0.2) is 0 Å². The van der Waals surface area contributed by atoms with Crippen LogP contribution in [0.3, 0.4) is 0 Å². The average Bonchev–Trinajstić information content (AvgIpc) is 2.83. The van der Waals surface area contributed by atoms with Crippen molar-refractivity contribution in [2.24, 2.45) is 0 Å². The second kappa shape index (κ2) is 10.6. The molecule has 2 aliphatic heterocycles. The van der Waals surface area contributed by atoms with Crippen molar-refractivity contribution in [1.82, 2.24) is 9.21 Å². The van der Waals surface area contributed by atoms with Crippen LogP contribution in [0.1, 0.15) is 18.9 Å². The monoisotopic (exact) mass is 509 g/mol. The van der Waals surface area contributed by atoms with Crippen LogP contribution in [-0.2, 0) is 14.1 Å². The van der Waals surface area contributed by atoms with E-state index in [0.717, 1.165) is 56.1 Å². The van der Waals surface area contributed by atoms with E-state index in [1.54, 1.807) is 22.1 Å². The van der Waals surface area contributed by atoms with Crippen LogP contribution in [0.15, 0.2) is 53.4 Å². The fourth-order valence-corrected chi connectivity index (χ4v) is 9.32. The number of fused-ring (bicyclic) bond motifs is 1. The molecular weight excluding hydrogens is 477 g/mol. The van der Waals surface area contributed by atoms with E-state index in [2.05, 4.69) is 23.0 Å². The SMILES string of the molecule is CCSC1(SC)CN(CCCN2CCN(c3ccc(F)cc3)CC2)S(=O)(=O)c2ccccc21. The summed E-state index contributed by atoms with van der Waals surface area (Å²) in [5.41, 5.74) is 1.98. The molecule has 0 amide bonds. The summed E-state index contributed by atoms with van der Waals surface area (Å²) in [5.74, 6) is 0.719. The Morgan fingerprint density at radius 2 is 1.70 bits per heavy atom. The molecule has 0 aromatic heterocycles. The molecule has 1 atom stereocenters. The van der Waals surface area contributed by atoms with Gasteiger partial charge in [0.05, 0.1) is 4.90 Å². The normalized spacial score (nSPS) is 23.4. The summed E-state index contributed by atoms with van der Waals surface area (Å²) in [6.07, 6.45) is 2.88. The molecule has 0 aliphatic carbocycles. The number of sulfonamides is 1. The van der Waals surface area contributed by atoms with E-state index in [9.17, 15) is 12.8 Å². The van der Waals surface area contributed by atoms with Crippen molar-refractivity contribution in [2.75, 3.05) is 62.7 Å². The van der Waals surface area contributed by atoms with E-state index in [1.807, 2.05) is 42.1 Å². The summed E-state index contributed by atoms with van der Waals surface area (Å²) in [6.45, 7) is 7.67. The van der Waals surface area contributed by atoms with Gasteiger partial charge in [-0.3, -0.25) is 4.90 Å². The van der Waals surface area contributed by atoms with Crippen LogP contribution in [0.2, 0.25) is 0 Å². The highest BCUT2D eigenvalue weighted by Gasteiger charge is 2.46. The second-order valence-electron chi connectivity index (χ2n) is 8.38. The zero-order valence-corrected chi connectivity index (χ0v) is 21.7. The van der Waals surface area contributed by atoms with Gasteiger partial charge in [0.1, 0.15) is 9.90 Å². The molecular formula is C24H32FN3O2S3. The van der Waals surface area contributed by atoms with Crippen molar-refractivity contribution in [3.63, 3.8) is 0 Å². The highest BCUT2D eigenvalue weighted by Crippen LogP contribution is 2.51. The Hall–Kier alpha value is -1.26. The maximum atomic E-state index is 13.4. The lowest BCUT2D eigenvalue weighted by Gasteiger charge is -2.42. The molecule has 9 heteroatoms. The van der Waals surface area contributed by atoms with Crippen LogP contribution >= 0.6 is 23.5 Å². The molecule has 2 aromatic rings. The van der Waals surface area contributed by atoms with Gasteiger partial charge < -0.3 is 4.90 Å². The number of hydrogen-bond acceptors (Lipinski definition) is 6. The lowest BCUT2D eigenvalue weighted by molar-refractivity contribution is 0.244. The maximum Gasteiger partial charge on any atom is 0.243 e. The van der Waals surface area contributed by atoms with Gasteiger partial charge in [-0.2, -0.15) is 4.31 Å². The van der Waals surface area contributed by atoms with Gasteiger partial charge >= 0.3 is 0 Å². The van der Waals surface area contributed by atoms with Crippen LogP contribution in [0.4, 0.5) is 10.1 Å². The summed E-state index contributed by atoms with van der Waals surface area (Å²) in [7, 11) is -3.48. The molecule has 180 valence electrons. The van der Waals surface area contributed by atoms with Gasteiger partial charge in [-0.15, -0.1) is 23.5 Å². The van der Waals surface area contributed by atoms with E-state index in [4.69, 9.17) is 0 Å². The summed E-state index contributed by atoms with van der Waals surface area (Å²) >= 11 is 3.57. The van der Waals surface area contributed by atoms with Crippen LogP contribution < -0.4 is 4.90 Å². The van der Waals surface area contributed by atoms with Gasteiger partial charge in [-0.05, 0) is 60.9 Å². The second-order valence-corrected chi connectivity index (χ2v) is 13.2. The van der Waals surface area contributed by atoms with Crippen LogP contribution in [0.5, 0.6) is 0 Å². The van der Waals surface area contributed by atoms with E-state index in [-0.39, 0.29) is 9.90 Å². The minimum atomic E-state index is -3.48. The Morgan fingerprint density at radius 1 is 1.00 bits per heavy atom. The number of hydrogen-bond donors (Lipinski definition) is 0. The molecule has 1 unspecified atom stereocenters. The quantitative estimate of drug-likeness (QED) is 0.494. The van der Waals surface area contributed by atoms with Crippen molar-refractivity contribution in [3.05, 3.63) is 59.9 Å². The topological polar surface area (TPSA) is 43.9 Å². The number of nitrogens with zero attached hydrogens (tertiary/aromatic N) is 3. The molecule has 0 radical (unpaired) electrons. The Morgan fingerprint density at radius 3 is 2.36 bits per heavy atom. The van der Waals surface area contributed by atoms with Gasteiger partial charge in [0.2, 0.25) is 10.0 Å². The molecule has 5 nitrogen and oxygen atoms in total. The molecule has 33 heavy (non-hydrogen) atoms. The number of halogens is 1. The van der Waals surface area contributed by atoms with E-state index < -0.39 is 10.0 Å². The number of rotatable bonds is 8. The number of anilines is 1. The van der Waals surface area contributed by atoms with E-state index in [1.165, 1.54) is 12.1 Å². The minimum absolute atomic E-state index is 0.212. The Kier molecular flexibility index (Phi) is 7.95. The van der Waals surface area contributed by atoms with Crippen LogP contribution in [0, 0.1) is 5.82 Å². The summed E-state index contributed by atoms with van der Waals surface area (Å²) in [5, 5.41) is 0. The van der Waals surface area contributed by atoms with Crippen LogP contribution in [0.25, 0.3) is 0 Å². The van der Waals surface area contributed by atoms with Gasteiger partial charge in [0.25, 0.3) is 0 Å². The Labute approximate surface area is 205 Å². The fourth-order valence-electron chi connectivity index (χ4n) is 4.69. The highest BCUT2D eigenvalue weighted by atomic mass is 32.2. The Balaban J connectivity index is 1.37. The lowest BCUT2D eigenvalue weighted by atomic mass is 10.1. The smallest absolute Gasteiger partial charge is 0.243 e. The summed E-state index contributed by atoms with van der Waals surface area (Å²) < 4.78 is 41.4. The first kappa shape index (κ1) is 24.9. The molecule has 0 N–H and O–H groups in total. The number of piperazine rings is 1. The third kappa shape index (κ3) is 5.22. The fraction of sp³-hybridized carbons (Fsp3) is 0.500. The molecule has 1 saturated heterocycles. The zero-order chi connectivity index (χ0) is 23.5. The van der Waals surface area contributed by atoms with Gasteiger partial charge in [-0.1, -0.05) is 25.1 Å². The van der Waals surface area contributed by atoms with Crippen LogP contribution in [-0.4, -0.2) is 75.4 Å². The highest BCUT2D eigenvalue weighted by molar-refractivity contribution is 8.17.